The van der Waals surface area contributed by atoms with Crippen molar-refractivity contribution in [3.63, 3.8) is 0 Å². The van der Waals surface area contributed by atoms with E-state index in [4.69, 9.17) is 4.74 Å². The smallest absolute Gasteiger partial charge is 0.244 e. The Hall–Kier alpha value is -2.82. The third kappa shape index (κ3) is 5.08. The number of benzene rings is 2. The van der Waals surface area contributed by atoms with Gasteiger partial charge in [-0.25, -0.2) is 0 Å². The van der Waals surface area contributed by atoms with E-state index in [2.05, 4.69) is 12.2 Å². The lowest BCUT2D eigenvalue weighted by atomic mass is 10.1. The van der Waals surface area contributed by atoms with Gasteiger partial charge in [-0.2, -0.15) is 0 Å². The highest BCUT2D eigenvalue weighted by atomic mass is 16.5. The van der Waals surface area contributed by atoms with Crippen molar-refractivity contribution in [2.75, 3.05) is 23.4 Å². The van der Waals surface area contributed by atoms with Gasteiger partial charge in [0.2, 0.25) is 11.8 Å². The summed E-state index contributed by atoms with van der Waals surface area (Å²) in [6.45, 7) is 5.86. The zero-order chi connectivity index (χ0) is 18.2. The SMILES string of the molecule is CCOc1ccccc1NC(=O)CN(C(C)=O)c1ccc(CC)cc1. The van der Waals surface area contributed by atoms with Gasteiger partial charge in [-0.1, -0.05) is 31.2 Å². The minimum Gasteiger partial charge on any atom is -0.492 e. The molecule has 0 atom stereocenters. The molecule has 0 aliphatic carbocycles. The molecular weight excluding hydrogens is 316 g/mol. The highest BCUT2D eigenvalue weighted by Gasteiger charge is 2.17. The average molecular weight is 340 g/mol. The van der Waals surface area contributed by atoms with Gasteiger partial charge in [0.25, 0.3) is 0 Å². The van der Waals surface area contributed by atoms with Crippen molar-refractivity contribution < 1.29 is 14.3 Å². The second-order valence-electron chi connectivity index (χ2n) is 5.60. The lowest BCUT2D eigenvalue weighted by Crippen LogP contribution is -2.36. The van der Waals surface area contributed by atoms with E-state index in [-0.39, 0.29) is 18.4 Å². The largest absolute Gasteiger partial charge is 0.492 e. The Balaban J connectivity index is 2.11. The quantitative estimate of drug-likeness (QED) is 0.837. The number of para-hydroxylation sites is 2. The van der Waals surface area contributed by atoms with Crippen molar-refractivity contribution in [3.05, 3.63) is 54.1 Å². The van der Waals surface area contributed by atoms with Crippen molar-refractivity contribution >= 4 is 23.2 Å². The first-order valence-corrected chi connectivity index (χ1v) is 8.43. The molecule has 0 saturated heterocycles. The standard InChI is InChI=1S/C20H24N2O3/c1-4-16-10-12-17(13-11-16)22(15(3)23)14-20(24)21-18-8-6-7-9-19(18)25-5-2/h6-13H,4-5,14H2,1-3H3,(H,21,24). The van der Waals surface area contributed by atoms with E-state index in [9.17, 15) is 9.59 Å². The predicted octanol–water partition coefficient (Wildman–Crippen LogP) is 3.64. The van der Waals surface area contributed by atoms with E-state index in [0.29, 0.717) is 23.7 Å². The molecule has 2 rings (SSSR count). The molecule has 2 amide bonds. The number of nitrogens with one attached hydrogen (secondary N) is 1. The van der Waals surface area contributed by atoms with Crippen molar-refractivity contribution in [1.82, 2.24) is 0 Å². The summed E-state index contributed by atoms with van der Waals surface area (Å²) in [5, 5.41) is 2.82. The zero-order valence-electron chi connectivity index (χ0n) is 14.9. The topological polar surface area (TPSA) is 58.6 Å². The number of ether oxygens (including phenoxy) is 1. The van der Waals surface area contributed by atoms with Crippen LogP contribution >= 0.6 is 0 Å². The van der Waals surface area contributed by atoms with E-state index >= 15 is 0 Å². The van der Waals surface area contributed by atoms with E-state index in [1.54, 1.807) is 12.1 Å². The number of anilines is 2. The lowest BCUT2D eigenvalue weighted by molar-refractivity contribution is -0.120. The number of hydrogen-bond acceptors (Lipinski definition) is 3. The fourth-order valence-corrected chi connectivity index (χ4v) is 2.48. The van der Waals surface area contributed by atoms with E-state index in [1.165, 1.54) is 17.4 Å². The third-order valence-electron chi connectivity index (χ3n) is 3.80. The first-order chi connectivity index (χ1) is 12.0. The predicted molar refractivity (Wildman–Crippen MR) is 100 cm³/mol. The van der Waals surface area contributed by atoms with E-state index in [1.807, 2.05) is 43.3 Å². The Morgan fingerprint density at radius 3 is 2.32 bits per heavy atom. The number of hydrogen-bond donors (Lipinski definition) is 1. The Morgan fingerprint density at radius 1 is 1.04 bits per heavy atom. The van der Waals surface area contributed by atoms with Crippen LogP contribution in [-0.4, -0.2) is 25.0 Å². The van der Waals surface area contributed by atoms with Gasteiger partial charge in [0, 0.05) is 12.6 Å². The summed E-state index contributed by atoms with van der Waals surface area (Å²) in [6.07, 6.45) is 0.926. The Morgan fingerprint density at radius 2 is 1.72 bits per heavy atom. The summed E-state index contributed by atoms with van der Waals surface area (Å²) in [7, 11) is 0. The van der Waals surface area contributed by atoms with E-state index < -0.39 is 0 Å². The van der Waals surface area contributed by atoms with Crippen LogP contribution < -0.4 is 15.0 Å². The van der Waals surface area contributed by atoms with Gasteiger partial charge >= 0.3 is 0 Å². The minimum atomic E-state index is -0.276. The molecule has 2 aromatic carbocycles. The van der Waals surface area contributed by atoms with Crippen LogP contribution in [0.3, 0.4) is 0 Å². The highest BCUT2D eigenvalue weighted by Crippen LogP contribution is 2.24. The first kappa shape index (κ1) is 18.5. The molecule has 2 aromatic rings. The van der Waals surface area contributed by atoms with Crippen LogP contribution in [0.15, 0.2) is 48.5 Å². The van der Waals surface area contributed by atoms with Crippen LogP contribution in [0.1, 0.15) is 26.3 Å². The number of amides is 2. The monoisotopic (exact) mass is 340 g/mol. The van der Waals surface area contributed by atoms with Gasteiger partial charge in [0.05, 0.1) is 12.3 Å². The summed E-state index contributed by atoms with van der Waals surface area (Å²) >= 11 is 0. The van der Waals surface area contributed by atoms with Crippen molar-refractivity contribution in [2.24, 2.45) is 0 Å². The van der Waals surface area contributed by atoms with Gasteiger partial charge in [-0.3, -0.25) is 9.59 Å². The number of carbonyl (C=O) groups excluding carboxylic acids is 2. The van der Waals surface area contributed by atoms with Gasteiger partial charge in [-0.05, 0) is 43.2 Å². The number of nitrogens with zero attached hydrogens (tertiary/aromatic N) is 1. The van der Waals surface area contributed by atoms with Gasteiger partial charge < -0.3 is 15.0 Å². The molecule has 0 bridgehead atoms. The molecule has 0 fully saturated rings. The molecule has 5 heteroatoms. The van der Waals surface area contributed by atoms with Gasteiger partial charge in [0.15, 0.2) is 0 Å². The van der Waals surface area contributed by atoms with Crippen LogP contribution in [0, 0.1) is 0 Å². The average Bonchev–Trinajstić information content (AvgIpc) is 2.61. The van der Waals surface area contributed by atoms with Crippen LogP contribution in [-0.2, 0) is 16.0 Å². The highest BCUT2D eigenvalue weighted by molar-refractivity contribution is 6.02. The molecule has 0 unspecified atom stereocenters. The summed E-state index contributed by atoms with van der Waals surface area (Å²) in [5.74, 6) is 0.152. The Kier molecular flexibility index (Phi) is 6.57. The third-order valence-corrected chi connectivity index (χ3v) is 3.80. The zero-order valence-corrected chi connectivity index (χ0v) is 14.9. The minimum absolute atomic E-state index is 0.0543. The van der Waals surface area contributed by atoms with Crippen molar-refractivity contribution in [2.45, 2.75) is 27.2 Å². The summed E-state index contributed by atoms with van der Waals surface area (Å²) in [5.41, 5.74) is 2.49. The normalized spacial score (nSPS) is 10.2. The van der Waals surface area contributed by atoms with Crippen LogP contribution in [0.4, 0.5) is 11.4 Å². The van der Waals surface area contributed by atoms with Crippen LogP contribution in [0.25, 0.3) is 0 Å². The fraction of sp³-hybridized carbons (Fsp3) is 0.300. The fourth-order valence-electron chi connectivity index (χ4n) is 2.48. The van der Waals surface area contributed by atoms with Crippen LogP contribution in [0.5, 0.6) is 5.75 Å². The number of carbonyl (C=O) groups is 2. The molecule has 132 valence electrons. The van der Waals surface area contributed by atoms with E-state index in [0.717, 1.165) is 6.42 Å². The van der Waals surface area contributed by atoms with Gasteiger partial charge in [-0.15, -0.1) is 0 Å². The summed E-state index contributed by atoms with van der Waals surface area (Å²) in [4.78, 5) is 25.9. The molecule has 0 spiro atoms. The lowest BCUT2D eigenvalue weighted by Gasteiger charge is -2.21. The molecule has 0 radical (unpaired) electrons. The molecule has 5 nitrogen and oxygen atoms in total. The molecule has 0 heterocycles. The second kappa shape index (κ2) is 8.87. The molecule has 0 aliphatic heterocycles. The molecular formula is C20H24N2O3. The second-order valence-corrected chi connectivity index (χ2v) is 5.60. The van der Waals surface area contributed by atoms with Crippen molar-refractivity contribution in [3.8, 4) is 5.75 Å². The molecule has 25 heavy (non-hydrogen) atoms. The number of aryl methyl sites for hydroxylation is 1. The molecule has 1 N–H and O–H groups in total. The maximum Gasteiger partial charge on any atom is 0.244 e. The maximum absolute atomic E-state index is 12.4. The maximum atomic E-state index is 12.4. The summed E-state index contributed by atoms with van der Waals surface area (Å²) < 4.78 is 5.51. The Labute approximate surface area is 148 Å². The first-order valence-electron chi connectivity index (χ1n) is 8.43. The molecule has 0 saturated carbocycles. The van der Waals surface area contributed by atoms with Gasteiger partial charge in [0.1, 0.15) is 12.3 Å². The Bertz CT molecular complexity index is 726. The van der Waals surface area contributed by atoms with Crippen molar-refractivity contribution in [1.29, 1.82) is 0 Å². The summed E-state index contributed by atoms with van der Waals surface area (Å²) in [6, 6.07) is 14.9. The molecule has 0 aliphatic rings. The molecule has 0 aromatic heterocycles. The van der Waals surface area contributed by atoms with Crippen LogP contribution in [0.2, 0.25) is 0 Å². The number of rotatable bonds is 7.